The first kappa shape index (κ1) is 13.5. The van der Waals surface area contributed by atoms with Crippen LogP contribution in [0.1, 0.15) is 16.8 Å². The zero-order valence-electron chi connectivity index (χ0n) is 10.5. The van der Waals surface area contributed by atoms with Gasteiger partial charge in [0.2, 0.25) is 5.91 Å². The Kier molecular flexibility index (Phi) is 4.52. The van der Waals surface area contributed by atoms with Crippen molar-refractivity contribution in [3.05, 3.63) is 57.8 Å². The van der Waals surface area contributed by atoms with Crippen LogP contribution < -0.4 is 5.32 Å². The van der Waals surface area contributed by atoms with Crippen LogP contribution in [0.4, 0.5) is 0 Å². The Morgan fingerprint density at radius 3 is 3.00 bits per heavy atom. The topological polar surface area (TPSA) is 57.8 Å². The summed E-state index contributed by atoms with van der Waals surface area (Å²) in [7, 11) is 0. The van der Waals surface area contributed by atoms with E-state index in [4.69, 9.17) is 0 Å². The summed E-state index contributed by atoms with van der Waals surface area (Å²) in [5.41, 5.74) is 3.02. The first-order valence-corrected chi connectivity index (χ1v) is 6.65. The fraction of sp³-hybridized carbons (Fsp3) is 0.143. The summed E-state index contributed by atoms with van der Waals surface area (Å²) in [6, 6.07) is 7.81. The van der Waals surface area contributed by atoms with Crippen molar-refractivity contribution < 1.29 is 4.79 Å². The molecule has 0 aliphatic carbocycles. The molecule has 98 valence electrons. The van der Waals surface area contributed by atoms with E-state index in [1.54, 1.807) is 12.3 Å². The van der Waals surface area contributed by atoms with Crippen LogP contribution in [0.15, 0.2) is 41.0 Å². The molecular formula is C14H14BrN3O. The van der Waals surface area contributed by atoms with Gasteiger partial charge in [0.25, 0.3) is 0 Å². The molecule has 0 unspecified atom stereocenters. The summed E-state index contributed by atoms with van der Waals surface area (Å²) < 4.78 is 0.977. The van der Waals surface area contributed by atoms with E-state index in [1.165, 1.54) is 11.6 Å². The average molecular weight is 320 g/mol. The molecule has 2 aromatic rings. The lowest BCUT2D eigenvalue weighted by Crippen LogP contribution is -2.20. The number of carbonyl (C=O) groups excluding carboxylic acids is 1. The van der Waals surface area contributed by atoms with Crippen molar-refractivity contribution in [2.24, 2.45) is 0 Å². The van der Waals surface area contributed by atoms with E-state index in [9.17, 15) is 4.79 Å². The van der Waals surface area contributed by atoms with Crippen LogP contribution in [0.25, 0.3) is 6.08 Å². The van der Waals surface area contributed by atoms with Crippen LogP contribution in [0.5, 0.6) is 0 Å². The van der Waals surface area contributed by atoms with Crippen molar-refractivity contribution in [2.45, 2.75) is 13.5 Å². The minimum atomic E-state index is -0.137. The summed E-state index contributed by atoms with van der Waals surface area (Å²) in [6.07, 6.45) is 4.96. The molecule has 2 rings (SSSR count). The molecule has 0 bridgehead atoms. The lowest BCUT2D eigenvalue weighted by Gasteiger charge is -2.01. The number of hydrogen-bond acceptors (Lipinski definition) is 2. The number of aromatic nitrogens is 2. The second-order valence-corrected chi connectivity index (χ2v) is 5.01. The SMILES string of the molecule is Cc1ccc(/C=C/C(=O)NCc2ccn[nH]2)c(Br)c1. The fourth-order valence-electron chi connectivity index (χ4n) is 1.56. The molecule has 0 saturated heterocycles. The molecule has 1 aromatic carbocycles. The molecule has 0 aliphatic rings. The van der Waals surface area contributed by atoms with Crippen LogP contribution in [-0.2, 0) is 11.3 Å². The van der Waals surface area contributed by atoms with Gasteiger partial charge in [0, 0.05) is 16.7 Å². The summed E-state index contributed by atoms with van der Waals surface area (Å²) in [6.45, 7) is 2.47. The smallest absolute Gasteiger partial charge is 0.244 e. The van der Waals surface area contributed by atoms with E-state index in [0.29, 0.717) is 6.54 Å². The van der Waals surface area contributed by atoms with Gasteiger partial charge in [-0.05, 0) is 36.3 Å². The molecule has 0 radical (unpaired) electrons. The lowest BCUT2D eigenvalue weighted by atomic mass is 10.1. The van der Waals surface area contributed by atoms with Crippen molar-refractivity contribution in [3.8, 4) is 0 Å². The molecule has 0 spiro atoms. The zero-order chi connectivity index (χ0) is 13.7. The maximum absolute atomic E-state index is 11.6. The van der Waals surface area contributed by atoms with Gasteiger partial charge in [-0.2, -0.15) is 5.10 Å². The highest BCUT2D eigenvalue weighted by Crippen LogP contribution is 2.19. The summed E-state index contributed by atoms with van der Waals surface area (Å²) in [5.74, 6) is -0.137. The quantitative estimate of drug-likeness (QED) is 0.851. The van der Waals surface area contributed by atoms with Crippen molar-refractivity contribution in [3.63, 3.8) is 0 Å². The maximum atomic E-state index is 11.6. The van der Waals surface area contributed by atoms with Gasteiger partial charge < -0.3 is 5.32 Å². The predicted molar refractivity (Wildman–Crippen MR) is 78.3 cm³/mol. The van der Waals surface area contributed by atoms with E-state index < -0.39 is 0 Å². The monoisotopic (exact) mass is 319 g/mol. The highest BCUT2D eigenvalue weighted by molar-refractivity contribution is 9.10. The molecule has 1 aromatic heterocycles. The van der Waals surface area contributed by atoms with Gasteiger partial charge in [0.05, 0.1) is 12.2 Å². The van der Waals surface area contributed by atoms with Crippen molar-refractivity contribution in [1.82, 2.24) is 15.5 Å². The Bertz CT molecular complexity index is 591. The van der Waals surface area contributed by atoms with E-state index in [2.05, 4.69) is 31.4 Å². The summed E-state index contributed by atoms with van der Waals surface area (Å²) >= 11 is 3.47. The second-order valence-electron chi connectivity index (χ2n) is 4.16. The number of aryl methyl sites for hydroxylation is 1. The van der Waals surface area contributed by atoms with Crippen molar-refractivity contribution in [2.75, 3.05) is 0 Å². The number of nitrogens with zero attached hydrogens (tertiary/aromatic N) is 1. The van der Waals surface area contributed by atoms with Gasteiger partial charge in [0.15, 0.2) is 0 Å². The van der Waals surface area contributed by atoms with Crippen molar-refractivity contribution in [1.29, 1.82) is 0 Å². The molecule has 4 nitrogen and oxygen atoms in total. The number of nitrogens with one attached hydrogen (secondary N) is 2. The van der Waals surface area contributed by atoms with Crippen LogP contribution in [0.3, 0.4) is 0 Å². The molecule has 0 atom stereocenters. The van der Waals surface area contributed by atoms with Gasteiger partial charge in [0.1, 0.15) is 0 Å². The number of benzene rings is 1. The van der Waals surface area contributed by atoms with Gasteiger partial charge in [-0.25, -0.2) is 0 Å². The Hall–Kier alpha value is -1.88. The molecule has 1 heterocycles. The van der Waals surface area contributed by atoms with Crippen molar-refractivity contribution >= 4 is 27.9 Å². The third-order valence-electron chi connectivity index (χ3n) is 2.58. The number of rotatable bonds is 4. The van der Waals surface area contributed by atoms with Crippen LogP contribution in [-0.4, -0.2) is 16.1 Å². The summed E-state index contributed by atoms with van der Waals surface area (Å²) in [4.78, 5) is 11.6. The molecule has 1 amide bonds. The highest BCUT2D eigenvalue weighted by Gasteiger charge is 1.99. The van der Waals surface area contributed by atoms with E-state index in [-0.39, 0.29) is 5.91 Å². The number of hydrogen-bond donors (Lipinski definition) is 2. The molecule has 19 heavy (non-hydrogen) atoms. The van der Waals surface area contributed by atoms with Gasteiger partial charge >= 0.3 is 0 Å². The minimum Gasteiger partial charge on any atom is -0.347 e. The zero-order valence-corrected chi connectivity index (χ0v) is 12.1. The third-order valence-corrected chi connectivity index (χ3v) is 3.27. The van der Waals surface area contributed by atoms with Crippen LogP contribution in [0, 0.1) is 6.92 Å². The largest absolute Gasteiger partial charge is 0.347 e. The Balaban J connectivity index is 1.92. The number of carbonyl (C=O) groups is 1. The lowest BCUT2D eigenvalue weighted by molar-refractivity contribution is -0.116. The van der Waals surface area contributed by atoms with E-state index in [0.717, 1.165) is 15.7 Å². The molecule has 5 heteroatoms. The minimum absolute atomic E-state index is 0.137. The number of amides is 1. The van der Waals surface area contributed by atoms with E-state index >= 15 is 0 Å². The number of H-pyrrole nitrogens is 1. The maximum Gasteiger partial charge on any atom is 0.244 e. The normalized spacial score (nSPS) is 10.8. The Morgan fingerprint density at radius 2 is 2.32 bits per heavy atom. The fourth-order valence-corrected chi connectivity index (χ4v) is 2.18. The first-order valence-electron chi connectivity index (χ1n) is 5.85. The average Bonchev–Trinajstić information content (AvgIpc) is 2.88. The van der Waals surface area contributed by atoms with Gasteiger partial charge in [-0.1, -0.05) is 28.1 Å². The second kappa shape index (κ2) is 6.33. The molecule has 0 fully saturated rings. The predicted octanol–water partition coefficient (Wildman–Crippen LogP) is 2.81. The number of aromatic amines is 1. The van der Waals surface area contributed by atoms with Crippen LogP contribution in [0.2, 0.25) is 0 Å². The van der Waals surface area contributed by atoms with Crippen LogP contribution >= 0.6 is 15.9 Å². The molecule has 2 N–H and O–H groups in total. The standard InChI is InChI=1S/C14H14BrN3O/c1-10-2-3-11(13(15)8-10)4-5-14(19)16-9-12-6-7-17-18-12/h2-8H,9H2,1H3,(H,16,19)(H,17,18)/b5-4+. The molecular weight excluding hydrogens is 306 g/mol. The highest BCUT2D eigenvalue weighted by atomic mass is 79.9. The van der Waals surface area contributed by atoms with Gasteiger partial charge in [-0.15, -0.1) is 0 Å². The Labute approximate surface area is 120 Å². The summed E-state index contributed by atoms with van der Waals surface area (Å²) in [5, 5.41) is 9.37. The Morgan fingerprint density at radius 1 is 1.47 bits per heavy atom. The third kappa shape index (κ3) is 4.06. The first-order chi connectivity index (χ1) is 9.15. The molecule has 0 aliphatic heterocycles. The van der Waals surface area contributed by atoms with Gasteiger partial charge in [-0.3, -0.25) is 9.89 Å². The number of halogens is 1. The van der Waals surface area contributed by atoms with E-state index in [1.807, 2.05) is 31.2 Å². The molecule has 0 saturated carbocycles.